The summed E-state index contributed by atoms with van der Waals surface area (Å²) in [5.74, 6) is -0.533. The molecule has 0 heterocycles. The van der Waals surface area contributed by atoms with E-state index in [1.807, 2.05) is 25.8 Å². The smallest absolute Gasteiger partial charge is 0.313 e. The minimum atomic E-state index is -0.436. The van der Waals surface area contributed by atoms with Crippen molar-refractivity contribution in [2.45, 2.75) is 33.2 Å². The number of rotatable bonds is 6. The zero-order valence-electron chi connectivity index (χ0n) is 9.37. The lowest BCUT2D eigenvalue weighted by Gasteiger charge is -2.19. The fraction of sp³-hybridized carbons (Fsp3) is 0.800. The maximum Gasteiger partial charge on any atom is 0.313 e. The molecule has 0 aliphatic heterocycles. The molecule has 0 saturated carbocycles. The predicted octanol–water partition coefficient (Wildman–Crippen LogP) is 0.849. The van der Waals surface area contributed by atoms with Crippen LogP contribution in [0.5, 0.6) is 0 Å². The number of nitrogens with zero attached hydrogens (tertiary/aromatic N) is 1. The normalized spacial score (nSPS) is 10.7. The van der Waals surface area contributed by atoms with Gasteiger partial charge in [0, 0.05) is 6.04 Å². The Hall–Kier alpha value is -0.900. The van der Waals surface area contributed by atoms with Crippen molar-refractivity contribution >= 4 is 11.8 Å². The summed E-state index contributed by atoms with van der Waals surface area (Å²) >= 11 is 0. The number of Topliss-reactive ketones (excluding diaryl/α,β-unsaturated/α-hetero) is 1. The van der Waals surface area contributed by atoms with E-state index in [4.69, 9.17) is 0 Å². The van der Waals surface area contributed by atoms with Crippen LogP contribution in [0.4, 0.5) is 0 Å². The lowest BCUT2D eigenvalue weighted by atomic mass is 10.2. The van der Waals surface area contributed by atoms with Gasteiger partial charge in [-0.1, -0.05) is 0 Å². The topological polar surface area (TPSA) is 46.6 Å². The van der Waals surface area contributed by atoms with Gasteiger partial charge < -0.3 is 4.74 Å². The van der Waals surface area contributed by atoms with Gasteiger partial charge in [0.1, 0.15) is 6.42 Å². The standard InChI is InChI=1S/C10H19NO3/c1-5-14-10(13)6-9(12)7-11(4)8(2)3/h8H,5-7H2,1-4H3. The molecule has 0 atom stereocenters. The highest BCUT2D eigenvalue weighted by Gasteiger charge is 2.13. The molecule has 0 amide bonds. The number of ketones is 1. The summed E-state index contributed by atoms with van der Waals surface area (Å²) in [6.45, 7) is 6.35. The Morgan fingerprint density at radius 2 is 1.93 bits per heavy atom. The Labute approximate surface area is 85.2 Å². The molecular weight excluding hydrogens is 182 g/mol. The van der Waals surface area contributed by atoms with E-state index in [1.54, 1.807) is 6.92 Å². The van der Waals surface area contributed by atoms with E-state index in [0.29, 0.717) is 19.2 Å². The van der Waals surface area contributed by atoms with Crippen LogP contribution >= 0.6 is 0 Å². The highest BCUT2D eigenvalue weighted by atomic mass is 16.5. The molecule has 0 radical (unpaired) electrons. The molecule has 82 valence electrons. The zero-order valence-corrected chi connectivity index (χ0v) is 9.37. The number of carbonyl (C=O) groups is 2. The van der Waals surface area contributed by atoms with Crippen molar-refractivity contribution in [1.29, 1.82) is 0 Å². The van der Waals surface area contributed by atoms with Gasteiger partial charge in [-0.3, -0.25) is 14.5 Å². The van der Waals surface area contributed by atoms with Crippen LogP contribution in [0.25, 0.3) is 0 Å². The van der Waals surface area contributed by atoms with Crippen LogP contribution in [0.2, 0.25) is 0 Å². The molecular formula is C10H19NO3. The Balaban J connectivity index is 3.81. The maximum absolute atomic E-state index is 11.3. The number of carbonyl (C=O) groups excluding carboxylic acids is 2. The van der Waals surface area contributed by atoms with Crippen molar-refractivity contribution in [3.8, 4) is 0 Å². The molecule has 0 saturated heterocycles. The Kier molecular flexibility index (Phi) is 6.12. The highest BCUT2D eigenvalue weighted by Crippen LogP contribution is 1.96. The largest absolute Gasteiger partial charge is 0.466 e. The lowest BCUT2D eigenvalue weighted by molar-refractivity contribution is -0.145. The Morgan fingerprint density at radius 3 is 2.36 bits per heavy atom. The number of ether oxygens (including phenoxy) is 1. The van der Waals surface area contributed by atoms with E-state index < -0.39 is 5.97 Å². The average Bonchev–Trinajstić information content (AvgIpc) is 2.03. The fourth-order valence-electron chi connectivity index (χ4n) is 0.890. The Morgan fingerprint density at radius 1 is 1.36 bits per heavy atom. The van der Waals surface area contributed by atoms with Crippen molar-refractivity contribution in [1.82, 2.24) is 4.90 Å². The molecule has 0 rings (SSSR count). The fourth-order valence-corrected chi connectivity index (χ4v) is 0.890. The second-order valence-electron chi connectivity index (χ2n) is 3.53. The number of likely N-dealkylation sites (N-methyl/N-ethyl adjacent to an activating group) is 1. The van der Waals surface area contributed by atoms with Crippen LogP contribution in [0.1, 0.15) is 27.2 Å². The van der Waals surface area contributed by atoms with Gasteiger partial charge in [-0.15, -0.1) is 0 Å². The zero-order chi connectivity index (χ0) is 11.1. The van der Waals surface area contributed by atoms with Crippen molar-refractivity contribution in [3.05, 3.63) is 0 Å². The maximum atomic E-state index is 11.3. The van der Waals surface area contributed by atoms with Crippen LogP contribution in [-0.2, 0) is 14.3 Å². The summed E-state index contributed by atoms with van der Waals surface area (Å²) in [6.07, 6.45) is -0.120. The van der Waals surface area contributed by atoms with Gasteiger partial charge in [0.15, 0.2) is 5.78 Å². The first-order chi connectivity index (χ1) is 6.47. The molecule has 0 aliphatic carbocycles. The van der Waals surface area contributed by atoms with E-state index in [9.17, 15) is 9.59 Å². The first kappa shape index (κ1) is 13.1. The van der Waals surface area contributed by atoms with Gasteiger partial charge in [-0.05, 0) is 27.8 Å². The molecule has 0 fully saturated rings. The third kappa shape index (κ3) is 5.70. The van der Waals surface area contributed by atoms with Gasteiger partial charge >= 0.3 is 5.97 Å². The van der Waals surface area contributed by atoms with Crippen LogP contribution in [-0.4, -0.2) is 42.9 Å². The van der Waals surface area contributed by atoms with Crippen molar-refractivity contribution in [3.63, 3.8) is 0 Å². The van der Waals surface area contributed by atoms with E-state index >= 15 is 0 Å². The van der Waals surface area contributed by atoms with Crippen LogP contribution in [0, 0.1) is 0 Å². The average molecular weight is 201 g/mol. The van der Waals surface area contributed by atoms with E-state index in [1.165, 1.54) is 0 Å². The Bertz CT molecular complexity index is 202. The van der Waals surface area contributed by atoms with Gasteiger partial charge in [0.2, 0.25) is 0 Å². The molecule has 14 heavy (non-hydrogen) atoms. The van der Waals surface area contributed by atoms with Gasteiger partial charge in [0.05, 0.1) is 13.2 Å². The first-order valence-electron chi connectivity index (χ1n) is 4.85. The summed E-state index contributed by atoms with van der Waals surface area (Å²) in [4.78, 5) is 24.1. The molecule has 0 bridgehead atoms. The molecule has 0 aromatic rings. The molecule has 0 aromatic heterocycles. The molecule has 0 aliphatic rings. The second kappa shape index (κ2) is 6.54. The number of hydrogen-bond acceptors (Lipinski definition) is 4. The third-order valence-electron chi connectivity index (χ3n) is 1.95. The summed E-state index contributed by atoms with van der Waals surface area (Å²) in [6, 6.07) is 0.307. The molecule has 4 nitrogen and oxygen atoms in total. The summed E-state index contributed by atoms with van der Waals surface area (Å²) in [5, 5.41) is 0. The third-order valence-corrected chi connectivity index (χ3v) is 1.95. The van der Waals surface area contributed by atoms with E-state index in [2.05, 4.69) is 4.74 Å². The first-order valence-corrected chi connectivity index (χ1v) is 4.85. The SMILES string of the molecule is CCOC(=O)CC(=O)CN(C)C(C)C. The van der Waals surface area contributed by atoms with Gasteiger partial charge in [-0.25, -0.2) is 0 Å². The number of esters is 1. The quantitative estimate of drug-likeness (QED) is 0.472. The monoisotopic (exact) mass is 201 g/mol. The minimum absolute atomic E-state index is 0.0975. The van der Waals surface area contributed by atoms with Crippen molar-refractivity contribution < 1.29 is 14.3 Å². The molecule has 0 unspecified atom stereocenters. The van der Waals surface area contributed by atoms with Gasteiger partial charge in [-0.2, -0.15) is 0 Å². The highest BCUT2D eigenvalue weighted by molar-refractivity contribution is 5.96. The molecule has 0 N–H and O–H groups in total. The summed E-state index contributed by atoms with van der Waals surface area (Å²) in [5.41, 5.74) is 0. The van der Waals surface area contributed by atoms with Crippen molar-refractivity contribution in [2.75, 3.05) is 20.2 Å². The number of hydrogen-bond donors (Lipinski definition) is 0. The lowest BCUT2D eigenvalue weighted by Crippen LogP contribution is -2.32. The van der Waals surface area contributed by atoms with E-state index in [0.717, 1.165) is 0 Å². The summed E-state index contributed by atoms with van der Waals surface area (Å²) < 4.78 is 4.68. The molecule has 4 heteroatoms. The molecule has 0 spiro atoms. The minimum Gasteiger partial charge on any atom is -0.466 e. The van der Waals surface area contributed by atoms with Gasteiger partial charge in [0.25, 0.3) is 0 Å². The van der Waals surface area contributed by atoms with Crippen LogP contribution in [0.15, 0.2) is 0 Å². The predicted molar refractivity (Wildman–Crippen MR) is 54.0 cm³/mol. The van der Waals surface area contributed by atoms with Crippen LogP contribution < -0.4 is 0 Å². The van der Waals surface area contributed by atoms with E-state index in [-0.39, 0.29) is 12.2 Å². The second-order valence-corrected chi connectivity index (χ2v) is 3.53. The summed E-state index contributed by atoms with van der Waals surface area (Å²) in [7, 11) is 1.85. The van der Waals surface area contributed by atoms with Crippen LogP contribution in [0.3, 0.4) is 0 Å². The van der Waals surface area contributed by atoms with Crippen molar-refractivity contribution in [2.24, 2.45) is 0 Å². The molecule has 0 aromatic carbocycles.